The molecule has 0 radical (unpaired) electrons. The molecule has 0 aliphatic heterocycles. The Balaban J connectivity index is 2.23. The van der Waals surface area contributed by atoms with Gasteiger partial charge in [0.2, 0.25) is 0 Å². The van der Waals surface area contributed by atoms with Crippen molar-refractivity contribution in [3.05, 3.63) is 34.4 Å². The van der Waals surface area contributed by atoms with Crippen LogP contribution in [0.3, 0.4) is 0 Å². The number of rotatable bonds is 4. The molecule has 1 saturated carbocycles. The van der Waals surface area contributed by atoms with E-state index in [1.807, 2.05) is 11.8 Å². The quantitative estimate of drug-likeness (QED) is 0.897. The first kappa shape index (κ1) is 15.9. The molecule has 5 heteroatoms. The molecule has 1 amide bonds. The molecular formula is C16H21NO3S. The number of aromatic carboxylic acids is 1. The van der Waals surface area contributed by atoms with Crippen LogP contribution in [0.2, 0.25) is 0 Å². The molecule has 1 aliphatic rings. The molecule has 2 unspecified atom stereocenters. The van der Waals surface area contributed by atoms with Gasteiger partial charge in [0, 0.05) is 11.3 Å². The van der Waals surface area contributed by atoms with Gasteiger partial charge in [0.25, 0.3) is 5.91 Å². The molecule has 2 N–H and O–H groups in total. The van der Waals surface area contributed by atoms with Crippen LogP contribution in [-0.2, 0) is 0 Å². The summed E-state index contributed by atoms with van der Waals surface area (Å²) in [6.07, 6.45) is 5.11. The standard InChI is InChI=1S/C16H21NO3S/c1-9-4-5-10(2)14(16(19)20)13(9)15(18)17-11-6-7-12(8-11)21-3/h4-5,11-12H,6-8H2,1-3H3,(H,17,18)(H,19,20). The fourth-order valence-corrected chi connectivity index (χ4v) is 3.72. The first-order valence-corrected chi connectivity index (χ1v) is 8.40. The van der Waals surface area contributed by atoms with Gasteiger partial charge in [-0.25, -0.2) is 4.79 Å². The summed E-state index contributed by atoms with van der Waals surface area (Å²) in [5.74, 6) is -1.31. The molecule has 1 aromatic carbocycles. The summed E-state index contributed by atoms with van der Waals surface area (Å²) in [5.41, 5.74) is 1.74. The molecule has 0 aromatic heterocycles. The van der Waals surface area contributed by atoms with E-state index in [4.69, 9.17) is 0 Å². The normalized spacial score (nSPS) is 21.3. The summed E-state index contributed by atoms with van der Waals surface area (Å²) < 4.78 is 0. The van der Waals surface area contributed by atoms with Gasteiger partial charge in [-0.05, 0) is 50.5 Å². The first-order valence-electron chi connectivity index (χ1n) is 7.11. The maximum atomic E-state index is 12.5. The van der Waals surface area contributed by atoms with Gasteiger partial charge in [-0.2, -0.15) is 11.8 Å². The molecule has 4 nitrogen and oxygen atoms in total. The maximum absolute atomic E-state index is 12.5. The Morgan fingerprint density at radius 3 is 2.33 bits per heavy atom. The minimum absolute atomic E-state index is 0.118. The second-order valence-electron chi connectivity index (χ2n) is 5.60. The number of aryl methyl sites for hydroxylation is 2. The predicted octanol–water partition coefficient (Wildman–Crippen LogP) is 3.02. The average molecular weight is 307 g/mol. The lowest BCUT2D eigenvalue weighted by Gasteiger charge is -2.16. The van der Waals surface area contributed by atoms with E-state index < -0.39 is 5.97 Å². The van der Waals surface area contributed by atoms with E-state index in [1.54, 1.807) is 26.0 Å². The lowest BCUT2D eigenvalue weighted by atomic mass is 9.96. The lowest BCUT2D eigenvalue weighted by molar-refractivity contribution is 0.0689. The largest absolute Gasteiger partial charge is 0.478 e. The Morgan fingerprint density at radius 1 is 1.19 bits per heavy atom. The molecular weight excluding hydrogens is 286 g/mol. The number of carbonyl (C=O) groups is 2. The topological polar surface area (TPSA) is 66.4 Å². The highest BCUT2D eigenvalue weighted by atomic mass is 32.2. The average Bonchev–Trinajstić information content (AvgIpc) is 2.88. The third kappa shape index (κ3) is 3.40. The van der Waals surface area contributed by atoms with Crippen molar-refractivity contribution in [2.75, 3.05) is 6.26 Å². The van der Waals surface area contributed by atoms with Crippen molar-refractivity contribution in [2.45, 2.75) is 44.4 Å². The lowest BCUT2D eigenvalue weighted by Crippen LogP contribution is -2.34. The third-order valence-corrected chi connectivity index (χ3v) is 5.21. The molecule has 1 fully saturated rings. The fraction of sp³-hybridized carbons (Fsp3) is 0.500. The highest BCUT2D eigenvalue weighted by Gasteiger charge is 2.28. The zero-order valence-electron chi connectivity index (χ0n) is 12.6. The van der Waals surface area contributed by atoms with E-state index in [1.165, 1.54) is 0 Å². The van der Waals surface area contributed by atoms with Crippen molar-refractivity contribution in [1.82, 2.24) is 5.32 Å². The Hall–Kier alpha value is -1.49. The summed E-state index contributed by atoms with van der Waals surface area (Å²) in [5, 5.41) is 13.0. The van der Waals surface area contributed by atoms with Gasteiger partial charge in [0.05, 0.1) is 11.1 Å². The second-order valence-corrected chi connectivity index (χ2v) is 6.73. The number of thioether (sulfide) groups is 1. The predicted molar refractivity (Wildman–Crippen MR) is 85.3 cm³/mol. The van der Waals surface area contributed by atoms with Gasteiger partial charge in [0.1, 0.15) is 0 Å². The SMILES string of the molecule is CSC1CCC(NC(=O)c2c(C)ccc(C)c2C(=O)O)C1. The van der Waals surface area contributed by atoms with Gasteiger partial charge in [-0.3, -0.25) is 4.79 Å². The van der Waals surface area contributed by atoms with E-state index in [2.05, 4.69) is 11.6 Å². The van der Waals surface area contributed by atoms with E-state index in [9.17, 15) is 14.7 Å². The van der Waals surface area contributed by atoms with Gasteiger partial charge >= 0.3 is 5.97 Å². The minimum Gasteiger partial charge on any atom is -0.478 e. The number of benzene rings is 1. The summed E-state index contributed by atoms with van der Waals surface area (Å²) in [7, 11) is 0. The van der Waals surface area contributed by atoms with E-state index >= 15 is 0 Å². The van der Waals surface area contributed by atoms with E-state index in [0.717, 1.165) is 19.3 Å². The molecule has 1 aromatic rings. The molecule has 1 aliphatic carbocycles. The van der Waals surface area contributed by atoms with Crippen molar-refractivity contribution >= 4 is 23.6 Å². The molecule has 21 heavy (non-hydrogen) atoms. The second kappa shape index (κ2) is 6.52. The number of carbonyl (C=O) groups excluding carboxylic acids is 1. The Morgan fingerprint density at radius 2 is 1.81 bits per heavy atom. The Kier molecular flexibility index (Phi) is 4.93. The number of hydrogen-bond acceptors (Lipinski definition) is 3. The van der Waals surface area contributed by atoms with Crippen LogP contribution in [0.25, 0.3) is 0 Å². The monoisotopic (exact) mass is 307 g/mol. The van der Waals surface area contributed by atoms with Crippen LogP contribution in [0.5, 0.6) is 0 Å². The van der Waals surface area contributed by atoms with Crippen LogP contribution in [0.4, 0.5) is 0 Å². The van der Waals surface area contributed by atoms with Gasteiger partial charge in [-0.15, -0.1) is 0 Å². The molecule has 114 valence electrons. The van der Waals surface area contributed by atoms with Crippen LogP contribution in [0.15, 0.2) is 12.1 Å². The number of nitrogens with one attached hydrogen (secondary N) is 1. The molecule has 2 rings (SSSR count). The van der Waals surface area contributed by atoms with Crippen molar-refractivity contribution in [1.29, 1.82) is 0 Å². The Labute approximate surface area is 129 Å². The van der Waals surface area contributed by atoms with Crippen molar-refractivity contribution in [3.8, 4) is 0 Å². The summed E-state index contributed by atoms with van der Waals surface area (Å²) in [6.45, 7) is 3.50. The highest BCUT2D eigenvalue weighted by Crippen LogP contribution is 2.28. The molecule has 0 saturated heterocycles. The van der Waals surface area contributed by atoms with E-state index in [0.29, 0.717) is 21.9 Å². The van der Waals surface area contributed by atoms with Crippen LogP contribution in [0, 0.1) is 13.8 Å². The maximum Gasteiger partial charge on any atom is 0.336 e. The molecule has 2 atom stereocenters. The molecule has 0 spiro atoms. The Bertz CT molecular complexity index is 571. The molecule has 0 bridgehead atoms. The molecule has 0 heterocycles. The van der Waals surface area contributed by atoms with Crippen LogP contribution >= 0.6 is 11.8 Å². The van der Waals surface area contributed by atoms with Crippen molar-refractivity contribution in [3.63, 3.8) is 0 Å². The number of amides is 1. The number of carboxylic acids is 1. The van der Waals surface area contributed by atoms with Gasteiger partial charge in [-0.1, -0.05) is 12.1 Å². The summed E-state index contributed by atoms with van der Waals surface area (Å²) in [6, 6.07) is 3.70. The first-order chi connectivity index (χ1) is 9.93. The zero-order chi connectivity index (χ0) is 15.6. The smallest absolute Gasteiger partial charge is 0.336 e. The fourth-order valence-electron chi connectivity index (χ4n) is 2.92. The van der Waals surface area contributed by atoms with Gasteiger partial charge in [0.15, 0.2) is 0 Å². The number of carboxylic acid groups (broad SMARTS) is 1. The summed E-state index contributed by atoms with van der Waals surface area (Å²) in [4.78, 5) is 24.0. The highest BCUT2D eigenvalue weighted by molar-refractivity contribution is 7.99. The third-order valence-electron chi connectivity index (χ3n) is 4.12. The van der Waals surface area contributed by atoms with Crippen molar-refractivity contribution < 1.29 is 14.7 Å². The zero-order valence-corrected chi connectivity index (χ0v) is 13.4. The van der Waals surface area contributed by atoms with Crippen molar-refractivity contribution in [2.24, 2.45) is 0 Å². The van der Waals surface area contributed by atoms with E-state index in [-0.39, 0.29) is 17.5 Å². The summed E-state index contributed by atoms with van der Waals surface area (Å²) >= 11 is 1.83. The van der Waals surface area contributed by atoms with Crippen LogP contribution in [-0.4, -0.2) is 34.5 Å². The number of hydrogen-bond donors (Lipinski definition) is 2. The van der Waals surface area contributed by atoms with Crippen LogP contribution in [0.1, 0.15) is 51.1 Å². The van der Waals surface area contributed by atoms with Gasteiger partial charge < -0.3 is 10.4 Å². The van der Waals surface area contributed by atoms with Crippen LogP contribution < -0.4 is 5.32 Å². The minimum atomic E-state index is -1.05.